The Kier molecular flexibility index (Phi) is 2.76. The Morgan fingerprint density at radius 3 is 2.59 bits per heavy atom. The molecule has 0 fully saturated rings. The van der Waals surface area contributed by atoms with E-state index in [2.05, 4.69) is 4.18 Å². The molecule has 6 heteroatoms. The van der Waals surface area contributed by atoms with Gasteiger partial charge < -0.3 is 0 Å². The average Bonchev–Trinajstić information content (AvgIpc) is 2.71. The van der Waals surface area contributed by atoms with Crippen molar-refractivity contribution in [3.8, 4) is 0 Å². The van der Waals surface area contributed by atoms with Crippen molar-refractivity contribution in [1.29, 1.82) is 0 Å². The molecule has 0 aliphatic carbocycles. The van der Waals surface area contributed by atoms with Gasteiger partial charge in [-0.3, -0.25) is 13.5 Å². The molecule has 0 amide bonds. The number of aromatic nitrogens is 1. The van der Waals surface area contributed by atoms with Gasteiger partial charge in [0.25, 0.3) is 10.1 Å². The Morgan fingerprint density at radius 2 is 2.00 bits per heavy atom. The van der Waals surface area contributed by atoms with E-state index in [1.54, 1.807) is 18.3 Å². The minimum Gasteiger partial charge on any atom is -0.287 e. The van der Waals surface area contributed by atoms with E-state index in [0.29, 0.717) is 5.52 Å². The fourth-order valence-corrected chi connectivity index (χ4v) is 2.32. The molecule has 0 spiro atoms. The number of carbonyl (C=O) groups excluding carboxylic acids is 1. The molecule has 0 atom stereocenters. The molecule has 0 N–H and O–H groups in total. The van der Waals surface area contributed by atoms with Crippen molar-refractivity contribution in [3.63, 3.8) is 0 Å². The fourth-order valence-electron chi connectivity index (χ4n) is 1.63. The first-order chi connectivity index (χ1) is 7.95. The highest BCUT2D eigenvalue weighted by Crippen LogP contribution is 2.21. The largest absolute Gasteiger partial charge is 0.296 e. The Labute approximate surface area is 98.7 Å². The maximum atomic E-state index is 11.5. The normalized spacial score (nSPS) is 11.9. The molecule has 1 aromatic heterocycles. The minimum atomic E-state index is -3.73. The molecule has 2 rings (SSSR count). The molecule has 2 aromatic rings. The number of hydrogen-bond acceptors (Lipinski definition) is 4. The number of carbonyl (C=O) groups is 1. The second kappa shape index (κ2) is 3.97. The van der Waals surface area contributed by atoms with Gasteiger partial charge in [-0.25, -0.2) is 0 Å². The van der Waals surface area contributed by atoms with E-state index in [4.69, 9.17) is 0 Å². The standard InChI is InChI=1S/C11H11NO4S/c1-8(13)12-6-5-9-3-4-10(7-11(9)12)17(14,15)16-2/h3-7H,1-2H3. The van der Waals surface area contributed by atoms with Gasteiger partial charge in [0.1, 0.15) is 0 Å². The van der Waals surface area contributed by atoms with Crippen LogP contribution in [0.3, 0.4) is 0 Å². The van der Waals surface area contributed by atoms with Crippen molar-refractivity contribution in [1.82, 2.24) is 4.57 Å². The van der Waals surface area contributed by atoms with Crippen LogP contribution >= 0.6 is 0 Å². The minimum absolute atomic E-state index is 0.0358. The molecule has 17 heavy (non-hydrogen) atoms. The molecule has 0 saturated heterocycles. The van der Waals surface area contributed by atoms with Crippen LogP contribution in [0.1, 0.15) is 11.7 Å². The lowest BCUT2D eigenvalue weighted by molar-refractivity contribution is 0.0941. The van der Waals surface area contributed by atoms with Crippen molar-refractivity contribution in [2.75, 3.05) is 7.11 Å². The second-order valence-electron chi connectivity index (χ2n) is 3.55. The summed E-state index contributed by atoms with van der Waals surface area (Å²) >= 11 is 0. The van der Waals surface area contributed by atoms with Gasteiger partial charge in [0, 0.05) is 18.5 Å². The smallest absolute Gasteiger partial charge is 0.287 e. The summed E-state index contributed by atoms with van der Waals surface area (Å²) < 4.78 is 28.9. The Bertz CT molecular complexity index is 685. The molecule has 1 aromatic carbocycles. The highest BCUT2D eigenvalue weighted by molar-refractivity contribution is 7.86. The SMILES string of the molecule is COS(=O)(=O)c1ccc2ccn(C(C)=O)c2c1. The number of hydrogen-bond donors (Lipinski definition) is 0. The number of nitrogens with zero attached hydrogens (tertiary/aromatic N) is 1. The van der Waals surface area contributed by atoms with E-state index in [9.17, 15) is 13.2 Å². The van der Waals surface area contributed by atoms with Crippen LogP contribution in [0.15, 0.2) is 35.4 Å². The number of rotatable bonds is 2. The summed E-state index contributed by atoms with van der Waals surface area (Å²) in [5.74, 6) is -0.174. The molecule has 0 aliphatic heterocycles. The van der Waals surface area contributed by atoms with Gasteiger partial charge in [-0.2, -0.15) is 8.42 Å². The highest BCUT2D eigenvalue weighted by atomic mass is 32.2. The summed E-state index contributed by atoms with van der Waals surface area (Å²) in [6.07, 6.45) is 1.61. The maximum Gasteiger partial charge on any atom is 0.296 e. The molecule has 0 radical (unpaired) electrons. The van der Waals surface area contributed by atoms with Gasteiger partial charge >= 0.3 is 0 Å². The molecule has 1 heterocycles. The molecule has 0 aliphatic rings. The van der Waals surface area contributed by atoms with Crippen LogP contribution < -0.4 is 0 Å². The maximum absolute atomic E-state index is 11.5. The van der Waals surface area contributed by atoms with E-state index in [-0.39, 0.29) is 10.8 Å². The van der Waals surface area contributed by atoms with Gasteiger partial charge in [-0.05, 0) is 18.2 Å². The van der Waals surface area contributed by atoms with Crippen LogP contribution in [-0.2, 0) is 14.3 Å². The van der Waals surface area contributed by atoms with E-state index in [1.807, 2.05) is 0 Å². The van der Waals surface area contributed by atoms with E-state index in [0.717, 1.165) is 12.5 Å². The summed E-state index contributed by atoms with van der Waals surface area (Å²) in [6.45, 7) is 1.41. The third-order valence-electron chi connectivity index (χ3n) is 2.51. The summed E-state index contributed by atoms with van der Waals surface area (Å²) in [6, 6.07) is 6.27. The fraction of sp³-hybridized carbons (Fsp3) is 0.182. The van der Waals surface area contributed by atoms with Crippen molar-refractivity contribution >= 4 is 26.9 Å². The third kappa shape index (κ3) is 1.96. The lowest BCUT2D eigenvalue weighted by Crippen LogP contribution is -2.05. The molecule has 0 bridgehead atoms. The van der Waals surface area contributed by atoms with Crippen LogP contribution in [0.5, 0.6) is 0 Å². The van der Waals surface area contributed by atoms with E-state index in [1.165, 1.54) is 23.6 Å². The molecule has 5 nitrogen and oxygen atoms in total. The lowest BCUT2D eigenvalue weighted by atomic mass is 10.2. The monoisotopic (exact) mass is 253 g/mol. The number of fused-ring (bicyclic) bond motifs is 1. The Balaban J connectivity index is 2.72. The third-order valence-corrected chi connectivity index (χ3v) is 3.78. The first-order valence-electron chi connectivity index (χ1n) is 4.88. The topological polar surface area (TPSA) is 65.4 Å². The summed E-state index contributed by atoms with van der Waals surface area (Å²) in [5, 5.41) is 0.801. The van der Waals surface area contributed by atoms with Crippen molar-refractivity contribution < 1.29 is 17.4 Å². The van der Waals surface area contributed by atoms with Gasteiger partial charge in [0.05, 0.1) is 17.5 Å². The zero-order valence-corrected chi connectivity index (χ0v) is 10.2. The quantitative estimate of drug-likeness (QED) is 0.763. The van der Waals surface area contributed by atoms with Crippen LogP contribution in [0, 0.1) is 0 Å². The second-order valence-corrected chi connectivity index (χ2v) is 5.26. The zero-order valence-electron chi connectivity index (χ0n) is 9.38. The Morgan fingerprint density at radius 1 is 1.29 bits per heavy atom. The van der Waals surface area contributed by atoms with Gasteiger partial charge in [0.15, 0.2) is 0 Å². The van der Waals surface area contributed by atoms with Crippen molar-refractivity contribution in [2.24, 2.45) is 0 Å². The van der Waals surface area contributed by atoms with Crippen LogP contribution in [-0.4, -0.2) is 26.0 Å². The lowest BCUT2D eigenvalue weighted by Gasteiger charge is -2.03. The molecule has 0 unspecified atom stereocenters. The molecular formula is C11H11NO4S. The average molecular weight is 253 g/mol. The zero-order chi connectivity index (χ0) is 12.6. The first kappa shape index (κ1) is 11.8. The van der Waals surface area contributed by atoms with E-state index >= 15 is 0 Å². The van der Waals surface area contributed by atoms with Gasteiger partial charge in [-0.15, -0.1) is 0 Å². The molecule has 90 valence electrons. The van der Waals surface area contributed by atoms with Crippen LogP contribution in [0.25, 0.3) is 10.9 Å². The first-order valence-corrected chi connectivity index (χ1v) is 6.29. The molecular weight excluding hydrogens is 242 g/mol. The van der Waals surface area contributed by atoms with Crippen LogP contribution in [0.4, 0.5) is 0 Å². The van der Waals surface area contributed by atoms with Crippen molar-refractivity contribution in [2.45, 2.75) is 11.8 Å². The predicted molar refractivity (Wildman–Crippen MR) is 62.4 cm³/mol. The number of benzene rings is 1. The van der Waals surface area contributed by atoms with Crippen molar-refractivity contribution in [3.05, 3.63) is 30.5 Å². The predicted octanol–water partition coefficient (Wildman–Crippen LogP) is 1.64. The highest BCUT2D eigenvalue weighted by Gasteiger charge is 2.15. The summed E-state index contributed by atoms with van der Waals surface area (Å²) in [7, 11) is -2.63. The van der Waals surface area contributed by atoms with Crippen LogP contribution in [0.2, 0.25) is 0 Å². The summed E-state index contributed by atoms with van der Waals surface area (Å²) in [5.41, 5.74) is 0.552. The van der Waals surface area contributed by atoms with Gasteiger partial charge in [-0.1, -0.05) is 6.07 Å². The Hall–Kier alpha value is -1.66. The van der Waals surface area contributed by atoms with Gasteiger partial charge in [0.2, 0.25) is 5.91 Å². The van der Waals surface area contributed by atoms with E-state index < -0.39 is 10.1 Å². The summed E-state index contributed by atoms with van der Waals surface area (Å²) in [4.78, 5) is 11.4. The molecule has 0 saturated carbocycles.